The Kier molecular flexibility index (Phi) is 6.86. The van der Waals surface area contributed by atoms with Gasteiger partial charge in [0.05, 0.1) is 4.90 Å². The Balaban J connectivity index is 1.57. The largest absolute Gasteiger partial charge is 0.343 e. The summed E-state index contributed by atoms with van der Waals surface area (Å²) in [5, 5.41) is 0. The molecule has 1 amide bonds. The molecule has 0 aliphatic carbocycles. The van der Waals surface area contributed by atoms with Gasteiger partial charge in [-0.15, -0.1) is 0 Å². The summed E-state index contributed by atoms with van der Waals surface area (Å²) in [6.45, 7) is 3.55. The highest BCUT2D eigenvalue weighted by atomic mass is 32.2. The monoisotopic (exact) mass is 400 g/mol. The Morgan fingerprint density at radius 3 is 2.29 bits per heavy atom. The van der Waals surface area contributed by atoms with E-state index < -0.39 is 10.0 Å². The third-order valence-corrected chi connectivity index (χ3v) is 6.76. The number of hydrogen-bond donors (Lipinski definition) is 1. The second kappa shape index (κ2) is 9.34. The highest BCUT2D eigenvalue weighted by Crippen LogP contribution is 2.18. The van der Waals surface area contributed by atoms with Crippen molar-refractivity contribution in [2.75, 3.05) is 13.1 Å². The van der Waals surface area contributed by atoms with Gasteiger partial charge in [-0.1, -0.05) is 42.5 Å². The first-order chi connectivity index (χ1) is 13.5. The van der Waals surface area contributed by atoms with E-state index >= 15 is 0 Å². The predicted octanol–water partition coefficient (Wildman–Crippen LogP) is 3.67. The first-order valence-corrected chi connectivity index (χ1v) is 11.4. The van der Waals surface area contributed by atoms with Crippen LogP contribution in [0.15, 0.2) is 59.5 Å². The molecule has 0 spiro atoms. The summed E-state index contributed by atoms with van der Waals surface area (Å²) in [5.74, 6) is 0.190. The van der Waals surface area contributed by atoms with Crippen LogP contribution in [0.2, 0.25) is 0 Å². The van der Waals surface area contributed by atoms with Crippen molar-refractivity contribution in [2.24, 2.45) is 0 Å². The average molecular weight is 401 g/mol. The molecule has 1 N–H and O–H groups in total. The quantitative estimate of drug-likeness (QED) is 0.771. The van der Waals surface area contributed by atoms with Gasteiger partial charge in [-0.25, -0.2) is 13.1 Å². The maximum atomic E-state index is 12.6. The average Bonchev–Trinajstić information content (AvgIpc) is 2.73. The molecule has 2 aromatic carbocycles. The lowest BCUT2D eigenvalue weighted by molar-refractivity contribution is -0.132. The molecule has 150 valence electrons. The minimum atomic E-state index is -3.60. The zero-order valence-electron chi connectivity index (χ0n) is 16.3. The number of hydrogen-bond acceptors (Lipinski definition) is 3. The van der Waals surface area contributed by atoms with E-state index in [1.165, 1.54) is 6.42 Å². The third kappa shape index (κ3) is 5.42. The molecule has 1 atom stereocenters. The van der Waals surface area contributed by atoms with Crippen LogP contribution in [-0.2, 0) is 21.2 Å². The summed E-state index contributed by atoms with van der Waals surface area (Å²) < 4.78 is 28.0. The molecule has 5 nitrogen and oxygen atoms in total. The highest BCUT2D eigenvalue weighted by molar-refractivity contribution is 7.89. The second-order valence-corrected chi connectivity index (χ2v) is 9.05. The second-order valence-electron chi connectivity index (χ2n) is 7.34. The zero-order chi connectivity index (χ0) is 20.0. The number of likely N-dealkylation sites (tertiary alicyclic amines) is 1. The Morgan fingerprint density at radius 1 is 1.00 bits per heavy atom. The van der Waals surface area contributed by atoms with Crippen molar-refractivity contribution in [1.29, 1.82) is 0 Å². The fourth-order valence-corrected chi connectivity index (χ4v) is 4.73. The molecular formula is C22H28N2O3S. The maximum Gasteiger partial charge on any atom is 0.241 e. The van der Waals surface area contributed by atoms with E-state index in [2.05, 4.69) is 4.72 Å². The molecule has 6 heteroatoms. The molecule has 1 aliphatic rings. The van der Waals surface area contributed by atoms with Crippen LogP contribution in [0.4, 0.5) is 0 Å². The van der Waals surface area contributed by atoms with Crippen molar-refractivity contribution in [3.05, 3.63) is 65.7 Å². The molecule has 2 aromatic rings. The van der Waals surface area contributed by atoms with Crippen molar-refractivity contribution in [2.45, 2.75) is 50.0 Å². The van der Waals surface area contributed by atoms with E-state index in [-0.39, 0.29) is 16.8 Å². The number of nitrogens with zero attached hydrogens (tertiary/aromatic N) is 1. The van der Waals surface area contributed by atoms with Gasteiger partial charge < -0.3 is 4.90 Å². The first-order valence-electron chi connectivity index (χ1n) is 9.90. The topological polar surface area (TPSA) is 66.5 Å². The number of carbonyl (C=O) groups is 1. The van der Waals surface area contributed by atoms with E-state index in [0.717, 1.165) is 37.1 Å². The smallest absolute Gasteiger partial charge is 0.241 e. The number of sulfonamides is 1. The normalized spacial score (nSPS) is 16.0. The SMILES string of the molecule is CC(NS(=O)(=O)c1ccc(CCC(=O)N2CCCCC2)cc1)c1ccccc1. The highest BCUT2D eigenvalue weighted by Gasteiger charge is 2.19. The van der Waals surface area contributed by atoms with Gasteiger partial charge in [0.2, 0.25) is 15.9 Å². The van der Waals surface area contributed by atoms with Crippen molar-refractivity contribution >= 4 is 15.9 Å². The fourth-order valence-electron chi connectivity index (χ4n) is 3.50. The minimum Gasteiger partial charge on any atom is -0.343 e. The number of piperidine rings is 1. The molecule has 0 saturated carbocycles. The summed E-state index contributed by atoms with van der Waals surface area (Å²) >= 11 is 0. The van der Waals surface area contributed by atoms with Crippen LogP contribution >= 0.6 is 0 Å². The molecule has 28 heavy (non-hydrogen) atoms. The van der Waals surface area contributed by atoms with Gasteiger partial charge in [-0.2, -0.15) is 0 Å². The Hall–Kier alpha value is -2.18. The molecule has 1 unspecified atom stereocenters. The minimum absolute atomic E-state index is 0.190. The molecule has 1 saturated heterocycles. The number of benzene rings is 2. The summed E-state index contributed by atoms with van der Waals surface area (Å²) in [4.78, 5) is 14.5. The van der Waals surface area contributed by atoms with E-state index in [1.54, 1.807) is 24.3 Å². The van der Waals surface area contributed by atoms with Crippen LogP contribution in [-0.4, -0.2) is 32.3 Å². The van der Waals surface area contributed by atoms with Crippen LogP contribution < -0.4 is 4.72 Å². The number of carbonyl (C=O) groups excluding carboxylic acids is 1. The summed E-state index contributed by atoms with van der Waals surface area (Å²) in [7, 11) is -3.60. The molecule has 1 heterocycles. The fraction of sp³-hybridized carbons (Fsp3) is 0.409. The Bertz CT molecular complexity index is 874. The summed E-state index contributed by atoms with van der Waals surface area (Å²) in [5.41, 5.74) is 1.89. The van der Waals surface area contributed by atoms with Gasteiger partial charge in [-0.05, 0) is 55.9 Å². The molecule has 0 radical (unpaired) electrons. The van der Waals surface area contributed by atoms with Crippen LogP contribution in [0.25, 0.3) is 0 Å². The maximum absolute atomic E-state index is 12.6. The lowest BCUT2D eigenvalue weighted by Gasteiger charge is -2.26. The van der Waals surface area contributed by atoms with Crippen molar-refractivity contribution in [3.63, 3.8) is 0 Å². The van der Waals surface area contributed by atoms with Crippen LogP contribution in [0, 0.1) is 0 Å². The van der Waals surface area contributed by atoms with Crippen molar-refractivity contribution in [3.8, 4) is 0 Å². The molecule has 1 aliphatic heterocycles. The predicted molar refractivity (Wildman–Crippen MR) is 110 cm³/mol. The van der Waals surface area contributed by atoms with E-state index in [9.17, 15) is 13.2 Å². The van der Waals surface area contributed by atoms with E-state index in [1.807, 2.05) is 42.2 Å². The molecule has 3 rings (SSSR count). The van der Waals surface area contributed by atoms with E-state index in [0.29, 0.717) is 12.8 Å². The van der Waals surface area contributed by atoms with Gasteiger partial charge in [0.1, 0.15) is 0 Å². The van der Waals surface area contributed by atoms with Gasteiger partial charge in [0.25, 0.3) is 0 Å². The number of aryl methyl sites for hydroxylation is 1. The van der Waals surface area contributed by atoms with Gasteiger partial charge >= 0.3 is 0 Å². The summed E-state index contributed by atoms with van der Waals surface area (Å²) in [6.07, 6.45) is 4.48. The van der Waals surface area contributed by atoms with Gasteiger partial charge in [-0.3, -0.25) is 4.79 Å². The summed E-state index contributed by atoms with van der Waals surface area (Å²) in [6, 6.07) is 16.0. The lowest BCUT2D eigenvalue weighted by atomic mass is 10.1. The zero-order valence-corrected chi connectivity index (χ0v) is 17.1. The van der Waals surface area contributed by atoms with Crippen LogP contribution in [0.1, 0.15) is 49.8 Å². The van der Waals surface area contributed by atoms with Crippen molar-refractivity contribution < 1.29 is 13.2 Å². The Morgan fingerprint density at radius 2 is 1.64 bits per heavy atom. The van der Waals surface area contributed by atoms with Crippen LogP contribution in [0.3, 0.4) is 0 Å². The first kappa shape index (κ1) is 20.6. The van der Waals surface area contributed by atoms with Gasteiger partial charge in [0, 0.05) is 25.6 Å². The molecule has 0 bridgehead atoms. The van der Waals surface area contributed by atoms with Crippen molar-refractivity contribution in [1.82, 2.24) is 9.62 Å². The molecule has 0 aromatic heterocycles. The molecule has 1 fully saturated rings. The standard InChI is InChI=1S/C22H28N2O3S/c1-18(20-8-4-2-5-9-20)23-28(26,27)21-13-10-19(11-14-21)12-15-22(25)24-16-6-3-7-17-24/h2,4-5,8-11,13-14,18,23H,3,6-7,12,15-17H2,1H3. The van der Waals surface area contributed by atoms with E-state index in [4.69, 9.17) is 0 Å². The van der Waals surface area contributed by atoms with Crippen LogP contribution in [0.5, 0.6) is 0 Å². The third-order valence-electron chi connectivity index (χ3n) is 5.20. The Labute approximate surface area is 167 Å². The number of nitrogens with one attached hydrogen (secondary N) is 1. The number of amides is 1. The molecular weight excluding hydrogens is 372 g/mol. The lowest BCUT2D eigenvalue weighted by Crippen LogP contribution is -2.35. The van der Waals surface area contributed by atoms with Gasteiger partial charge in [0.15, 0.2) is 0 Å². The number of rotatable bonds is 7.